The highest BCUT2D eigenvalue weighted by Gasteiger charge is 2.34. The van der Waals surface area contributed by atoms with E-state index in [4.69, 9.17) is 5.11 Å². The molecule has 1 fully saturated rings. The highest BCUT2D eigenvalue weighted by Crippen LogP contribution is 2.33. The highest BCUT2D eigenvalue weighted by molar-refractivity contribution is 5.36. The van der Waals surface area contributed by atoms with Crippen LogP contribution in [0.5, 0.6) is 0 Å². The number of hydrogen-bond acceptors (Lipinski definition) is 5. The monoisotopic (exact) mass is 255 g/mol. The molecule has 0 radical (unpaired) electrons. The first-order chi connectivity index (χ1) is 8.56. The molecule has 0 amide bonds. The van der Waals surface area contributed by atoms with Crippen LogP contribution < -0.4 is 16.6 Å². The van der Waals surface area contributed by atoms with Crippen molar-refractivity contribution < 1.29 is 10.2 Å². The smallest absolute Gasteiger partial charge is 0.328 e. The molecule has 0 aliphatic heterocycles. The maximum Gasteiger partial charge on any atom is 0.328 e. The first-order valence-electron chi connectivity index (χ1n) is 5.89. The Labute approximate surface area is 103 Å². The molecule has 7 nitrogen and oxygen atoms in total. The van der Waals surface area contributed by atoms with Gasteiger partial charge in [0.1, 0.15) is 5.69 Å². The third kappa shape index (κ3) is 2.19. The molecule has 1 heterocycles. The van der Waals surface area contributed by atoms with E-state index in [0.717, 1.165) is 0 Å². The Bertz CT molecular complexity index is 536. The van der Waals surface area contributed by atoms with Gasteiger partial charge in [-0.1, -0.05) is 0 Å². The lowest BCUT2D eigenvalue weighted by molar-refractivity contribution is 0.0906. The molecule has 18 heavy (non-hydrogen) atoms. The number of H-pyrrole nitrogens is 1. The van der Waals surface area contributed by atoms with Gasteiger partial charge in [-0.3, -0.25) is 14.3 Å². The molecule has 1 aliphatic carbocycles. The molecule has 1 unspecified atom stereocenters. The maximum atomic E-state index is 11.7. The van der Waals surface area contributed by atoms with E-state index < -0.39 is 17.4 Å². The Balaban J connectivity index is 2.35. The van der Waals surface area contributed by atoms with Crippen molar-refractivity contribution >= 4 is 5.69 Å². The first kappa shape index (κ1) is 12.8. The quantitative estimate of drug-likeness (QED) is 0.547. The van der Waals surface area contributed by atoms with E-state index in [1.807, 2.05) is 0 Å². The molecule has 0 spiro atoms. The predicted molar refractivity (Wildman–Crippen MR) is 65.7 cm³/mol. The SMILES string of the molecule is CNc1cn([C@H]2CC(O)[C@@H](CO)C2)c(=O)[nH]c1=O. The minimum absolute atomic E-state index is 0.103. The van der Waals surface area contributed by atoms with E-state index in [1.165, 1.54) is 10.8 Å². The van der Waals surface area contributed by atoms with Gasteiger partial charge >= 0.3 is 5.69 Å². The third-order valence-corrected chi connectivity index (χ3v) is 3.50. The van der Waals surface area contributed by atoms with Crippen LogP contribution in [0.2, 0.25) is 0 Å². The molecule has 100 valence electrons. The Morgan fingerprint density at radius 2 is 2.22 bits per heavy atom. The van der Waals surface area contributed by atoms with Crippen molar-refractivity contribution in [2.75, 3.05) is 19.0 Å². The van der Waals surface area contributed by atoms with Crippen LogP contribution in [0.15, 0.2) is 15.8 Å². The van der Waals surface area contributed by atoms with Gasteiger partial charge < -0.3 is 15.5 Å². The number of aromatic amines is 1. The topological polar surface area (TPSA) is 107 Å². The second-order valence-corrected chi connectivity index (χ2v) is 4.59. The van der Waals surface area contributed by atoms with Crippen molar-refractivity contribution in [2.45, 2.75) is 25.0 Å². The van der Waals surface area contributed by atoms with E-state index in [0.29, 0.717) is 18.5 Å². The van der Waals surface area contributed by atoms with Crippen molar-refractivity contribution in [1.82, 2.24) is 9.55 Å². The minimum Gasteiger partial charge on any atom is -0.396 e. The summed E-state index contributed by atoms with van der Waals surface area (Å²) in [7, 11) is 1.60. The van der Waals surface area contributed by atoms with Crippen LogP contribution in [0.25, 0.3) is 0 Å². The number of aliphatic hydroxyl groups is 2. The van der Waals surface area contributed by atoms with Crippen LogP contribution in [-0.4, -0.2) is 39.5 Å². The first-order valence-corrected chi connectivity index (χ1v) is 5.89. The number of anilines is 1. The third-order valence-electron chi connectivity index (χ3n) is 3.50. The maximum absolute atomic E-state index is 11.7. The fourth-order valence-electron chi connectivity index (χ4n) is 2.43. The molecule has 1 saturated carbocycles. The Hall–Kier alpha value is -1.60. The lowest BCUT2D eigenvalue weighted by Gasteiger charge is -2.14. The summed E-state index contributed by atoms with van der Waals surface area (Å²) in [4.78, 5) is 25.4. The lowest BCUT2D eigenvalue weighted by atomic mass is 10.1. The summed E-state index contributed by atoms with van der Waals surface area (Å²) < 4.78 is 1.41. The summed E-state index contributed by atoms with van der Waals surface area (Å²) in [5.41, 5.74) is -0.651. The van der Waals surface area contributed by atoms with E-state index in [9.17, 15) is 14.7 Å². The van der Waals surface area contributed by atoms with Crippen LogP contribution >= 0.6 is 0 Å². The molecule has 4 N–H and O–H groups in total. The second kappa shape index (κ2) is 4.95. The molecule has 7 heteroatoms. The van der Waals surface area contributed by atoms with Crippen LogP contribution in [0.4, 0.5) is 5.69 Å². The molecular formula is C11H17N3O4. The number of aromatic nitrogens is 2. The lowest BCUT2D eigenvalue weighted by Crippen LogP contribution is -2.32. The van der Waals surface area contributed by atoms with Crippen molar-refractivity contribution in [1.29, 1.82) is 0 Å². The normalized spacial score (nSPS) is 27.4. The molecule has 0 aromatic carbocycles. The highest BCUT2D eigenvalue weighted by atomic mass is 16.3. The molecule has 3 atom stereocenters. The van der Waals surface area contributed by atoms with Gasteiger partial charge in [-0.15, -0.1) is 0 Å². The number of hydrogen-bond donors (Lipinski definition) is 4. The molecule has 0 saturated heterocycles. The Kier molecular flexibility index (Phi) is 3.53. The van der Waals surface area contributed by atoms with Crippen molar-refractivity contribution in [3.63, 3.8) is 0 Å². The number of rotatable bonds is 3. The average molecular weight is 255 g/mol. The molecule has 0 bridgehead atoms. The standard InChI is InChI=1S/C11H17N3O4/c1-12-8-4-14(11(18)13-10(8)17)7-2-6(5-15)9(16)3-7/h4,6-7,9,12,15-16H,2-3,5H2,1H3,(H,13,17,18)/t6-,7-,9?/m1/s1. The zero-order valence-corrected chi connectivity index (χ0v) is 10.1. The van der Waals surface area contributed by atoms with Crippen LogP contribution in [0, 0.1) is 5.92 Å². The zero-order chi connectivity index (χ0) is 13.3. The van der Waals surface area contributed by atoms with E-state index in [2.05, 4.69) is 10.3 Å². The fraction of sp³-hybridized carbons (Fsp3) is 0.636. The van der Waals surface area contributed by atoms with Gasteiger partial charge in [-0.2, -0.15) is 0 Å². The van der Waals surface area contributed by atoms with Gasteiger partial charge in [0, 0.05) is 31.8 Å². The van der Waals surface area contributed by atoms with Gasteiger partial charge in [0.25, 0.3) is 5.56 Å². The Morgan fingerprint density at radius 3 is 2.78 bits per heavy atom. The summed E-state index contributed by atoms with van der Waals surface area (Å²) in [6.45, 7) is -0.103. The molecule has 2 rings (SSSR count). The van der Waals surface area contributed by atoms with Crippen LogP contribution in [0.3, 0.4) is 0 Å². The van der Waals surface area contributed by atoms with Gasteiger partial charge in [0.15, 0.2) is 0 Å². The number of nitrogens with zero attached hydrogens (tertiary/aromatic N) is 1. The summed E-state index contributed by atoms with van der Waals surface area (Å²) >= 11 is 0. The van der Waals surface area contributed by atoms with Crippen LogP contribution in [0.1, 0.15) is 18.9 Å². The van der Waals surface area contributed by atoms with Gasteiger partial charge in [0.05, 0.1) is 6.10 Å². The zero-order valence-electron chi connectivity index (χ0n) is 10.1. The van der Waals surface area contributed by atoms with Gasteiger partial charge in [0.2, 0.25) is 0 Å². The fourth-order valence-corrected chi connectivity index (χ4v) is 2.43. The molecular weight excluding hydrogens is 238 g/mol. The van der Waals surface area contributed by atoms with Gasteiger partial charge in [-0.05, 0) is 12.8 Å². The predicted octanol–water partition coefficient (Wildman–Crippen LogP) is -1.12. The summed E-state index contributed by atoms with van der Waals surface area (Å²) in [5, 5.41) is 21.5. The van der Waals surface area contributed by atoms with E-state index >= 15 is 0 Å². The Morgan fingerprint density at radius 1 is 1.50 bits per heavy atom. The number of nitrogens with one attached hydrogen (secondary N) is 2. The van der Waals surface area contributed by atoms with E-state index in [-0.39, 0.29) is 18.6 Å². The molecule has 1 aliphatic rings. The van der Waals surface area contributed by atoms with Crippen molar-refractivity contribution in [2.24, 2.45) is 5.92 Å². The number of aliphatic hydroxyl groups excluding tert-OH is 2. The second-order valence-electron chi connectivity index (χ2n) is 4.59. The summed E-state index contributed by atoms with van der Waals surface area (Å²) in [6.07, 6.45) is 1.77. The van der Waals surface area contributed by atoms with E-state index in [1.54, 1.807) is 7.05 Å². The van der Waals surface area contributed by atoms with Crippen molar-refractivity contribution in [3.8, 4) is 0 Å². The van der Waals surface area contributed by atoms with Gasteiger partial charge in [-0.25, -0.2) is 4.79 Å². The minimum atomic E-state index is -0.614. The summed E-state index contributed by atoms with van der Waals surface area (Å²) in [6, 6.07) is -0.200. The average Bonchev–Trinajstić information content (AvgIpc) is 2.70. The van der Waals surface area contributed by atoms with Crippen molar-refractivity contribution in [3.05, 3.63) is 27.0 Å². The largest absolute Gasteiger partial charge is 0.396 e. The summed E-state index contributed by atoms with van der Waals surface area (Å²) in [5.74, 6) is -0.216. The van der Waals surface area contributed by atoms with Crippen LogP contribution in [-0.2, 0) is 0 Å². The molecule has 1 aromatic rings. The molecule has 1 aromatic heterocycles.